The summed E-state index contributed by atoms with van der Waals surface area (Å²) in [4.78, 5) is 16.0. The number of rotatable bonds is 5. The van der Waals surface area contributed by atoms with Crippen molar-refractivity contribution in [3.63, 3.8) is 0 Å². The molecule has 0 aliphatic heterocycles. The number of carbonyl (C=O) groups is 1. The highest BCUT2D eigenvalue weighted by Crippen LogP contribution is 2.29. The largest absolute Gasteiger partial charge is 0.496 e. The normalized spacial score (nSPS) is 11.8. The van der Waals surface area contributed by atoms with E-state index in [0.29, 0.717) is 0 Å². The number of hydrogen-bond donors (Lipinski definition) is 0. The summed E-state index contributed by atoms with van der Waals surface area (Å²) in [5, 5.41) is 6.13. The zero-order valence-corrected chi connectivity index (χ0v) is 14.1. The van der Waals surface area contributed by atoms with Gasteiger partial charge in [-0.3, -0.25) is 0 Å². The van der Waals surface area contributed by atoms with Crippen molar-refractivity contribution in [2.75, 3.05) is 25.4 Å². The molecule has 0 aliphatic carbocycles. The molecule has 22 heavy (non-hydrogen) atoms. The summed E-state index contributed by atoms with van der Waals surface area (Å²) in [5.74, 6) is 1.16. The maximum Gasteiger partial charge on any atom is 0.331 e. The van der Waals surface area contributed by atoms with E-state index in [1.165, 1.54) is 6.92 Å². The van der Waals surface area contributed by atoms with Crippen molar-refractivity contribution in [2.24, 2.45) is 5.16 Å². The van der Waals surface area contributed by atoms with Gasteiger partial charge in [0.05, 0.1) is 19.6 Å². The molecule has 0 bridgehead atoms. The maximum absolute atomic E-state index is 11.1. The van der Waals surface area contributed by atoms with Gasteiger partial charge in [-0.05, 0) is 28.4 Å². The third kappa shape index (κ3) is 3.80. The van der Waals surface area contributed by atoms with E-state index in [-0.39, 0.29) is 10.9 Å². The van der Waals surface area contributed by atoms with E-state index in [0.717, 1.165) is 33.5 Å². The summed E-state index contributed by atoms with van der Waals surface area (Å²) in [7, 11) is 1.79. The Morgan fingerprint density at radius 3 is 2.41 bits per heavy atom. The Hall–Kier alpha value is -2.01. The van der Waals surface area contributed by atoms with E-state index in [9.17, 15) is 4.79 Å². The Morgan fingerprint density at radius 1 is 1.14 bits per heavy atom. The molecule has 0 aromatic heterocycles. The second-order valence-electron chi connectivity index (χ2n) is 5.11. The SMILES string of the molecule is COc1ccc(C(C[S+](C)C)=NOC(C)=O)c2ccccc12. The van der Waals surface area contributed by atoms with Gasteiger partial charge in [0, 0.05) is 17.9 Å². The highest BCUT2D eigenvalue weighted by Gasteiger charge is 2.17. The van der Waals surface area contributed by atoms with Crippen molar-refractivity contribution >= 4 is 33.3 Å². The lowest BCUT2D eigenvalue weighted by Crippen LogP contribution is -2.16. The minimum absolute atomic E-state index is 0.136. The number of oxime groups is 1. The Bertz CT molecular complexity index is 710. The van der Waals surface area contributed by atoms with Crippen molar-refractivity contribution in [2.45, 2.75) is 6.92 Å². The van der Waals surface area contributed by atoms with Gasteiger partial charge < -0.3 is 9.57 Å². The molecular formula is C17H20NO3S+. The Labute approximate surface area is 133 Å². The molecule has 0 fully saturated rings. The van der Waals surface area contributed by atoms with Crippen molar-refractivity contribution in [3.8, 4) is 5.75 Å². The van der Waals surface area contributed by atoms with Crippen LogP contribution in [0, 0.1) is 0 Å². The van der Waals surface area contributed by atoms with E-state index < -0.39 is 5.97 Å². The molecule has 0 amide bonds. The average Bonchev–Trinajstić information content (AvgIpc) is 2.50. The van der Waals surface area contributed by atoms with E-state index in [1.54, 1.807) is 7.11 Å². The van der Waals surface area contributed by atoms with Crippen LogP contribution in [0.1, 0.15) is 12.5 Å². The second kappa shape index (κ2) is 7.31. The quantitative estimate of drug-likeness (QED) is 0.368. The number of benzene rings is 2. The predicted octanol–water partition coefficient (Wildman–Crippen LogP) is 2.99. The van der Waals surface area contributed by atoms with Crippen molar-refractivity contribution in [3.05, 3.63) is 42.0 Å². The van der Waals surface area contributed by atoms with Crippen LogP contribution in [0.3, 0.4) is 0 Å². The topological polar surface area (TPSA) is 47.9 Å². The fourth-order valence-corrected chi connectivity index (χ4v) is 3.00. The summed E-state index contributed by atoms with van der Waals surface area (Å²) in [6, 6.07) is 11.9. The van der Waals surface area contributed by atoms with Crippen LogP contribution in [0.4, 0.5) is 0 Å². The molecular weight excluding hydrogens is 298 g/mol. The summed E-state index contributed by atoms with van der Waals surface area (Å²) in [5.41, 5.74) is 1.75. The third-order valence-electron chi connectivity index (χ3n) is 3.12. The fourth-order valence-electron chi connectivity index (χ4n) is 2.25. The number of fused-ring (bicyclic) bond motifs is 1. The van der Waals surface area contributed by atoms with Gasteiger partial charge in [-0.15, -0.1) is 0 Å². The number of carbonyl (C=O) groups excluding carboxylic acids is 1. The number of hydrogen-bond acceptors (Lipinski definition) is 4. The summed E-state index contributed by atoms with van der Waals surface area (Å²) >= 11 is 0. The van der Waals surface area contributed by atoms with Crippen LogP contribution in [0.5, 0.6) is 5.75 Å². The highest BCUT2D eigenvalue weighted by molar-refractivity contribution is 7.96. The smallest absolute Gasteiger partial charge is 0.331 e. The van der Waals surface area contributed by atoms with Crippen LogP contribution in [0.15, 0.2) is 41.6 Å². The minimum Gasteiger partial charge on any atom is -0.496 e. The van der Waals surface area contributed by atoms with Crippen LogP contribution in [0.2, 0.25) is 0 Å². The molecule has 0 radical (unpaired) electrons. The standard InChI is InChI=1S/C17H20NO3S/c1-12(19)21-18-16(11-22(3)4)14-9-10-17(20-2)15-8-6-5-7-13(14)15/h5-10H,11H2,1-4H3/q+1. The fraction of sp³-hybridized carbons (Fsp3) is 0.294. The van der Waals surface area contributed by atoms with Gasteiger partial charge in [-0.25, -0.2) is 4.79 Å². The molecule has 0 aliphatic rings. The van der Waals surface area contributed by atoms with E-state index in [4.69, 9.17) is 9.57 Å². The van der Waals surface area contributed by atoms with Crippen LogP contribution in [-0.2, 0) is 20.5 Å². The van der Waals surface area contributed by atoms with Crippen LogP contribution < -0.4 is 4.74 Å². The summed E-state index contributed by atoms with van der Waals surface area (Å²) in [6.07, 6.45) is 4.27. The number of nitrogens with zero attached hydrogens (tertiary/aromatic N) is 1. The molecule has 0 atom stereocenters. The zero-order valence-electron chi connectivity index (χ0n) is 13.3. The van der Waals surface area contributed by atoms with Gasteiger partial charge in [0.15, 0.2) is 5.75 Å². The predicted molar refractivity (Wildman–Crippen MR) is 92.9 cm³/mol. The van der Waals surface area contributed by atoms with Crippen LogP contribution in [-0.4, -0.2) is 37.1 Å². The molecule has 2 rings (SSSR count). The lowest BCUT2D eigenvalue weighted by molar-refractivity contribution is -0.140. The molecule has 0 heterocycles. The molecule has 4 nitrogen and oxygen atoms in total. The third-order valence-corrected chi connectivity index (χ3v) is 3.98. The van der Waals surface area contributed by atoms with Gasteiger partial charge >= 0.3 is 5.97 Å². The van der Waals surface area contributed by atoms with Crippen molar-refractivity contribution in [1.29, 1.82) is 0 Å². The number of methoxy groups -OCH3 is 1. The van der Waals surface area contributed by atoms with E-state index >= 15 is 0 Å². The highest BCUT2D eigenvalue weighted by atomic mass is 32.2. The first-order chi connectivity index (χ1) is 10.5. The first kappa shape index (κ1) is 16.4. The molecule has 0 saturated heterocycles. The first-order valence-corrected chi connectivity index (χ1v) is 9.08. The lowest BCUT2D eigenvalue weighted by Gasteiger charge is -2.11. The Balaban J connectivity index is 2.58. The Morgan fingerprint density at radius 2 is 1.82 bits per heavy atom. The molecule has 0 spiro atoms. The van der Waals surface area contributed by atoms with Gasteiger partial charge in [0.2, 0.25) is 0 Å². The summed E-state index contributed by atoms with van der Waals surface area (Å²) in [6.45, 7) is 1.35. The van der Waals surface area contributed by atoms with Crippen LogP contribution in [0.25, 0.3) is 10.8 Å². The minimum atomic E-state index is -0.414. The molecule has 0 saturated carbocycles. The lowest BCUT2D eigenvalue weighted by atomic mass is 10.0. The average molecular weight is 318 g/mol. The van der Waals surface area contributed by atoms with Crippen molar-refractivity contribution < 1.29 is 14.4 Å². The summed E-state index contributed by atoms with van der Waals surface area (Å²) < 4.78 is 5.42. The monoisotopic (exact) mass is 318 g/mol. The van der Waals surface area contributed by atoms with Gasteiger partial charge in [-0.2, -0.15) is 0 Å². The second-order valence-corrected chi connectivity index (χ2v) is 7.37. The molecule has 0 unspecified atom stereocenters. The first-order valence-electron chi connectivity index (χ1n) is 6.87. The van der Waals surface area contributed by atoms with Gasteiger partial charge in [-0.1, -0.05) is 29.4 Å². The molecule has 2 aromatic carbocycles. The zero-order chi connectivity index (χ0) is 16.1. The van der Waals surface area contributed by atoms with E-state index in [1.807, 2.05) is 36.4 Å². The molecule has 116 valence electrons. The van der Waals surface area contributed by atoms with Gasteiger partial charge in [0.1, 0.15) is 11.5 Å². The molecule has 2 aromatic rings. The van der Waals surface area contributed by atoms with E-state index in [2.05, 4.69) is 17.7 Å². The van der Waals surface area contributed by atoms with Crippen LogP contribution >= 0.6 is 0 Å². The number of ether oxygens (including phenoxy) is 1. The Kier molecular flexibility index (Phi) is 5.44. The van der Waals surface area contributed by atoms with Gasteiger partial charge in [0.25, 0.3) is 0 Å². The maximum atomic E-state index is 11.1. The van der Waals surface area contributed by atoms with Crippen molar-refractivity contribution in [1.82, 2.24) is 0 Å². The molecule has 5 heteroatoms. The molecule has 0 N–H and O–H groups in total.